The van der Waals surface area contributed by atoms with Crippen LogP contribution in [0.4, 0.5) is 4.39 Å². The Balaban J connectivity index is 1.95. The predicted octanol–water partition coefficient (Wildman–Crippen LogP) is 3.21. The topological polar surface area (TPSA) is 59.2 Å². The molecule has 0 saturated heterocycles. The van der Waals surface area contributed by atoms with Crippen LogP contribution in [-0.2, 0) is 5.75 Å². The number of hydrogen-bond donors (Lipinski definition) is 1. The minimum absolute atomic E-state index is 0.301. The molecule has 0 bridgehead atoms. The van der Waals surface area contributed by atoms with E-state index < -0.39 is 6.10 Å². The summed E-state index contributed by atoms with van der Waals surface area (Å²) in [7, 11) is 0. The fourth-order valence-electron chi connectivity index (χ4n) is 1.73. The molecule has 108 valence electrons. The standard InChI is InChI=1S/C13H15FN2O2S2/c1-8-5-9(14)3-4-10(8)11(17)6-20-13-16-15-12(18-13)7-19-2/h3-5,11,17H,6-7H2,1-2H3. The first-order chi connectivity index (χ1) is 9.60. The van der Waals surface area contributed by atoms with Gasteiger partial charge in [0.15, 0.2) is 0 Å². The number of thioether (sulfide) groups is 2. The van der Waals surface area contributed by atoms with Crippen molar-refractivity contribution in [3.05, 3.63) is 41.0 Å². The van der Waals surface area contributed by atoms with Gasteiger partial charge in [-0.05, 0) is 36.4 Å². The van der Waals surface area contributed by atoms with Gasteiger partial charge in [0.2, 0.25) is 5.89 Å². The lowest BCUT2D eigenvalue weighted by Gasteiger charge is -2.12. The van der Waals surface area contributed by atoms with Gasteiger partial charge in [0, 0.05) is 5.75 Å². The first-order valence-electron chi connectivity index (χ1n) is 5.98. The fraction of sp³-hybridized carbons (Fsp3) is 0.385. The molecule has 1 unspecified atom stereocenters. The van der Waals surface area contributed by atoms with Gasteiger partial charge < -0.3 is 9.52 Å². The summed E-state index contributed by atoms with van der Waals surface area (Å²) in [6.45, 7) is 1.77. The Hall–Kier alpha value is -1.05. The molecule has 0 amide bonds. The third-order valence-corrected chi connectivity index (χ3v) is 4.10. The first-order valence-corrected chi connectivity index (χ1v) is 8.36. The van der Waals surface area contributed by atoms with Crippen LogP contribution in [0, 0.1) is 12.7 Å². The van der Waals surface area contributed by atoms with Crippen LogP contribution in [0.3, 0.4) is 0 Å². The molecule has 7 heteroatoms. The van der Waals surface area contributed by atoms with E-state index in [-0.39, 0.29) is 5.82 Å². The zero-order chi connectivity index (χ0) is 14.5. The highest BCUT2D eigenvalue weighted by molar-refractivity contribution is 7.99. The molecule has 0 radical (unpaired) electrons. The van der Waals surface area contributed by atoms with E-state index in [0.717, 1.165) is 5.56 Å². The van der Waals surface area contributed by atoms with Gasteiger partial charge in [-0.25, -0.2) is 4.39 Å². The number of nitrogens with zero attached hydrogens (tertiary/aromatic N) is 2. The normalized spacial score (nSPS) is 12.6. The number of aliphatic hydroxyl groups is 1. The Labute approximate surface area is 125 Å². The van der Waals surface area contributed by atoms with Crippen molar-refractivity contribution in [1.29, 1.82) is 0 Å². The number of rotatable bonds is 6. The SMILES string of the molecule is CSCc1nnc(SCC(O)c2ccc(F)cc2C)o1. The van der Waals surface area contributed by atoms with Gasteiger partial charge in [-0.3, -0.25) is 0 Å². The third-order valence-electron chi connectivity index (χ3n) is 2.67. The van der Waals surface area contributed by atoms with Crippen LogP contribution < -0.4 is 0 Å². The Kier molecular flexibility index (Phi) is 5.45. The molecule has 0 aliphatic heterocycles. The summed E-state index contributed by atoms with van der Waals surface area (Å²) < 4.78 is 18.4. The molecule has 1 N–H and O–H groups in total. The highest BCUT2D eigenvalue weighted by atomic mass is 32.2. The second kappa shape index (κ2) is 7.10. The van der Waals surface area contributed by atoms with Gasteiger partial charge in [-0.15, -0.1) is 10.2 Å². The zero-order valence-electron chi connectivity index (χ0n) is 11.2. The van der Waals surface area contributed by atoms with E-state index in [9.17, 15) is 9.50 Å². The van der Waals surface area contributed by atoms with Crippen molar-refractivity contribution in [2.45, 2.75) is 24.0 Å². The van der Waals surface area contributed by atoms with E-state index in [4.69, 9.17) is 4.42 Å². The number of hydrogen-bond acceptors (Lipinski definition) is 6. The summed E-state index contributed by atoms with van der Waals surface area (Å²) in [5.74, 6) is 1.33. The number of benzene rings is 1. The van der Waals surface area contributed by atoms with Gasteiger partial charge in [0.05, 0.1) is 11.9 Å². The Bertz CT molecular complexity index is 577. The van der Waals surface area contributed by atoms with Crippen molar-refractivity contribution in [2.24, 2.45) is 0 Å². The molecular formula is C13H15FN2O2S2. The molecule has 0 fully saturated rings. The molecule has 1 heterocycles. The summed E-state index contributed by atoms with van der Waals surface area (Å²) in [5.41, 5.74) is 1.44. The smallest absolute Gasteiger partial charge is 0.276 e. The molecule has 0 aliphatic carbocycles. The largest absolute Gasteiger partial charge is 0.415 e. The summed E-state index contributed by atoms with van der Waals surface area (Å²) in [6, 6.07) is 4.36. The molecule has 2 rings (SSSR count). The molecular weight excluding hydrogens is 299 g/mol. The van der Waals surface area contributed by atoms with E-state index >= 15 is 0 Å². The average molecular weight is 314 g/mol. The van der Waals surface area contributed by atoms with Crippen molar-refractivity contribution in [3.8, 4) is 0 Å². The number of aliphatic hydroxyl groups excluding tert-OH is 1. The average Bonchev–Trinajstić information content (AvgIpc) is 2.84. The molecule has 0 saturated carbocycles. The minimum Gasteiger partial charge on any atom is -0.415 e. The monoisotopic (exact) mass is 314 g/mol. The number of aromatic nitrogens is 2. The van der Waals surface area contributed by atoms with E-state index in [0.29, 0.717) is 28.2 Å². The molecule has 2 aromatic rings. The van der Waals surface area contributed by atoms with E-state index in [1.807, 2.05) is 6.26 Å². The third kappa shape index (κ3) is 3.97. The van der Waals surface area contributed by atoms with Crippen LogP contribution in [0.5, 0.6) is 0 Å². The van der Waals surface area contributed by atoms with Crippen LogP contribution in [0.1, 0.15) is 23.1 Å². The van der Waals surface area contributed by atoms with Crippen LogP contribution >= 0.6 is 23.5 Å². The maximum Gasteiger partial charge on any atom is 0.276 e. The quantitative estimate of drug-likeness (QED) is 0.826. The van der Waals surface area contributed by atoms with Gasteiger partial charge in [0.25, 0.3) is 5.22 Å². The molecule has 4 nitrogen and oxygen atoms in total. The second-order valence-electron chi connectivity index (χ2n) is 4.22. The maximum atomic E-state index is 13.0. The molecule has 1 atom stereocenters. The van der Waals surface area contributed by atoms with E-state index in [1.165, 1.54) is 23.9 Å². The summed E-state index contributed by atoms with van der Waals surface area (Å²) in [5, 5.41) is 18.4. The second-order valence-corrected chi connectivity index (χ2v) is 6.06. The van der Waals surface area contributed by atoms with Crippen LogP contribution in [0.25, 0.3) is 0 Å². The van der Waals surface area contributed by atoms with Gasteiger partial charge in [0.1, 0.15) is 5.82 Å². The van der Waals surface area contributed by atoms with Crippen molar-refractivity contribution in [3.63, 3.8) is 0 Å². The van der Waals surface area contributed by atoms with Gasteiger partial charge in [-0.2, -0.15) is 11.8 Å². The summed E-state index contributed by atoms with van der Waals surface area (Å²) >= 11 is 2.89. The fourth-order valence-corrected chi connectivity index (χ4v) is 2.83. The minimum atomic E-state index is -0.698. The van der Waals surface area contributed by atoms with Gasteiger partial charge in [-0.1, -0.05) is 17.8 Å². The molecule has 0 spiro atoms. The molecule has 20 heavy (non-hydrogen) atoms. The summed E-state index contributed by atoms with van der Waals surface area (Å²) in [4.78, 5) is 0. The lowest BCUT2D eigenvalue weighted by molar-refractivity contribution is 0.203. The van der Waals surface area contributed by atoms with E-state index in [1.54, 1.807) is 24.8 Å². The lowest BCUT2D eigenvalue weighted by atomic mass is 10.0. The van der Waals surface area contributed by atoms with E-state index in [2.05, 4.69) is 10.2 Å². The number of halogens is 1. The first kappa shape index (κ1) is 15.3. The lowest BCUT2D eigenvalue weighted by Crippen LogP contribution is -2.03. The Morgan fingerprint density at radius 3 is 2.90 bits per heavy atom. The number of aryl methyl sites for hydroxylation is 1. The van der Waals surface area contributed by atoms with Crippen LogP contribution in [0.2, 0.25) is 0 Å². The Morgan fingerprint density at radius 2 is 2.20 bits per heavy atom. The van der Waals surface area contributed by atoms with Crippen molar-refractivity contribution in [2.75, 3.05) is 12.0 Å². The van der Waals surface area contributed by atoms with Crippen LogP contribution in [-0.4, -0.2) is 27.3 Å². The zero-order valence-corrected chi connectivity index (χ0v) is 12.8. The summed E-state index contributed by atoms with van der Waals surface area (Å²) in [6.07, 6.45) is 1.26. The van der Waals surface area contributed by atoms with Crippen molar-refractivity contribution in [1.82, 2.24) is 10.2 Å². The molecule has 0 aliphatic rings. The van der Waals surface area contributed by atoms with Gasteiger partial charge >= 0.3 is 0 Å². The maximum absolute atomic E-state index is 13.0. The van der Waals surface area contributed by atoms with Crippen molar-refractivity contribution < 1.29 is 13.9 Å². The Morgan fingerprint density at radius 1 is 1.40 bits per heavy atom. The highest BCUT2D eigenvalue weighted by Crippen LogP contribution is 2.26. The molecule has 1 aromatic heterocycles. The highest BCUT2D eigenvalue weighted by Gasteiger charge is 2.14. The molecule has 1 aromatic carbocycles. The van der Waals surface area contributed by atoms with Crippen molar-refractivity contribution >= 4 is 23.5 Å². The van der Waals surface area contributed by atoms with Crippen LogP contribution in [0.15, 0.2) is 27.8 Å². The predicted molar refractivity (Wildman–Crippen MR) is 78.3 cm³/mol.